The summed E-state index contributed by atoms with van der Waals surface area (Å²) < 4.78 is 118. The van der Waals surface area contributed by atoms with Crippen LogP contribution in [0.5, 0.6) is 11.5 Å². The number of rotatable bonds is 11. The van der Waals surface area contributed by atoms with Crippen LogP contribution in [0, 0.1) is 35.0 Å². The lowest BCUT2D eigenvalue weighted by atomic mass is 9.89. The lowest BCUT2D eigenvalue weighted by Gasteiger charge is -2.32. The third kappa shape index (κ3) is 6.80. The molecule has 3 aromatic carbocycles. The first kappa shape index (κ1) is 30.7. The van der Waals surface area contributed by atoms with E-state index in [0.29, 0.717) is 12.8 Å². The lowest BCUT2D eigenvalue weighted by molar-refractivity contribution is -0.0578. The van der Waals surface area contributed by atoms with Gasteiger partial charge in [0, 0.05) is 17.0 Å². The van der Waals surface area contributed by atoms with Crippen molar-refractivity contribution >= 4 is 0 Å². The summed E-state index contributed by atoms with van der Waals surface area (Å²) in [7, 11) is 0. The first-order valence-electron chi connectivity index (χ1n) is 13.6. The Kier molecular flexibility index (Phi) is 10.2. The average Bonchev–Trinajstić information content (AvgIpc) is 2.97. The second-order valence-corrected chi connectivity index (χ2v) is 9.94. The molecule has 0 spiro atoms. The Morgan fingerprint density at radius 1 is 0.829 bits per heavy atom. The van der Waals surface area contributed by atoms with Gasteiger partial charge in [-0.3, -0.25) is 0 Å². The van der Waals surface area contributed by atoms with Gasteiger partial charge in [-0.25, -0.2) is 26.3 Å². The molecule has 4 atom stereocenters. The Balaban J connectivity index is 1.34. The van der Waals surface area contributed by atoms with Gasteiger partial charge >= 0.3 is 0 Å². The highest BCUT2D eigenvalue weighted by atomic mass is 19.2. The van der Waals surface area contributed by atoms with E-state index in [1.807, 2.05) is 6.92 Å². The summed E-state index contributed by atoms with van der Waals surface area (Å²) in [5, 5.41) is 0. The van der Waals surface area contributed by atoms with Crippen molar-refractivity contribution in [3.05, 3.63) is 82.7 Å². The molecule has 0 N–H and O–H groups in total. The lowest BCUT2D eigenvalue weighted by Crippen LogP contribution is -2.36. The van der Waals surface area contributed by atoms with Crippen LogP contribution in [0.3, 0.4) is 0 Å². The monoisotopic (exact) mass is 584 g/mol. The molecule has 4 unspecified atom stereocenters. The van der Waals surface area contributed by atoms with E-state index in [4.69, 9.17) is 14.2 Å². The number of hydrogen-bond acceptors (Lipinski definition) is 3. The second-order valence-electron chi connectivity index (χ2n) is 9.94. The maximum absolute atomic E-state index is 14.9. The van der Waals surface area contributed by atoms with Crippen LogP contribution in [-0.4, -0.2) is 32.2 Å². The summed E-state index contributed by atoms with van der Waals surface area (Å²) in [6, 6.07) is 8.81. The highest BCUT2D eigenvalue weighted by molar-refractivity contribution is 5.66. The third-order valence-electron chi connectivity index (χ3n) is 7.15. The fourth-order valence-electron chi connectivity index (χ4n) is 4.95. The van der Waals surface area contributed by atoms with Crippen LogP contribution in [0.2, 0.25) is 0 Å². The van der Waals surface area contributed by atoms with Crippen LogP contribution in [0.1, 0.15) is 50.3 Å². The van der Waals surface area contributed by atoms with Crippen molar-refractivity contribution in [2.45, 2.75) is 58.0 Å². The molecule has 1 fully saturated rings. The fourth-order valence-corrected chi connectivity index (χ4v) is 4.95. The van der Waals surface area contributed by atoms with Gasteiger partial charge in [-0.05, 0) is 61.6 Å². The molecule has 0 aliphatic carbocycles. The van der Waals surface area contributed by atoms with Crippen molar-refractivity contribution in [3.63, 3.8) is 0 Å². The van der Waals surface area contributed by atoms with E-state index in [-0.39, 0.29) is 54.1 Å². The molecule has 3 nitrogen and oxygen atoms in total. The Hall–Kier alpha value is -3.27. The van der Waals surface area contributed by atoms with Crippen molar-refractivity contribution in [1.29, 1.82) is 0 Å². The van der Waals surface area contributed by atoms with E-state index >= 15 is 0 Å². The predicted molar refractivity (Wildman–Crippen MR) is 140 cm³/mol. The molecule has 1 aliphatic heterocycles. The second kappa shape index (κ2) is 13.6. The molecular formula is C31H31F7O3. The Morgan fingerprint density at radius 2 is 1.59 bits per heavy atom. The molecule has 4 rings (SSSR count). The fraction of sp³-hybridized carbons (Fsp3) is 0.419. The maximum atomic E-state index is 14.9. The average molecular weight is 585 g/mol. The summed E-state index contributed by atoms with van der Waals surface area (Å²) in [4.78, 5) is 0. The van der Waals surface area contributed by atoms with E-state index in [9.17, 15) is 30.7 Å². The van der Waals surface area contributed by atoms with E-state index in [1.54, 1.807) is 6.92 Å². The van der Waals surface area contributed by atoms with E-state index in [2.05, 4.69) is 0 Å². The van der Waals surface area contributed by atoms with E-state index in [0.717, 1.165) is 18.2 Å². The molecule has 1 heterocycles. The van der Waals surface area contributed by atoms with Gasteiger partial charge in [-0.1, -0.05) is 31.5 Å². The molecule has 0 radical (unpaired) electrons. The zero-order valence-corrected chi connectivity index (χ0v) is 22.7. The number of halogens is 7. The predicted octanol–water partition coefficient (Wildman–Crippen LogP) is 8.62. The van der Waals surface area contributed by atoms with Crippen LogP contribution in [0.15, 0.2) is 42.5 Å². The molecule has 222 valence electrons. The molecule has 1 saturated heterocycles. The molecule has 0 aromatic heterocycles. The first-order valence-corrected chi connectivity index (χ1v) is 13.6. The quantitative estimate of drug-likeness (QED) is 0.211. The third-order valence-corrected chi connectivity index (χ3v) is 7.15. The molecule has 0 saturated carbocycles. The van der Waals surface area contributed by atoms with Crippen LogP contribution in [0.25, 0.3) is 11.1 Å². The van der Waals surface area contributed by atoms with Gasteiger partial charge in [-0.2, -0.15) is 4.39 Å². The molecule has 0 bridgehead atoms. The SMILES string of the molecule is CCCc1ccc(C2CCC(C(F)C(F)COc3ccc(-c4ccc(OCC)c(F)c4)c(F)c3F)CO2)c(F)c1F. The summed E-state index contributed by atoms with van der Waals surface area (Å²) in [6.07, 6.45) is -3.70. The first-order chi connectivity index (χ1) is 19.7. The van der Waals surface area contributed by atoms with Crippen molar-refractivity contribution in [2.24, 2.45) is 5.92 Å². The molecule has 0 amide bonds. The largest absolute Gasteiger partial charge is 0.491 e. The summed E-state index contributed by atoms with van der Waals surface area (Å²) in [6.45, 7) is 2.62. The molecule has 10 heteroatoms. The van der Waals surface area contributed by atoms with Crippen molar-refractivity contribution in [1.82, 2.24) is 0 Å². The smallest absolute Gasteiger partial charge is 0.201 e. The number of benzene rings is 3. The number of hydrogen-bond donors (Lipinski definition) is 0. The highest BCUT2D eigenvalue weighted by Crippen LogP contribution is 2.37. The van der Waals surface area contributed by atoms with Gasteiger partial charge in [0.25, 0.3) is 0 Å². The van der Waals surface area contributed by atoms with Crippen LogP contribution in [-0.2, 0) is 11.2 Å². The minimum atomic E-state index is -2.19. The molecule has 3 aromatic rings. The molecule has 41 heavy (non-hydrogen) atoms. The standard InChI is InChI=1S/C31H31F7O3/c1-3-5-17-6-9-21(30(37)28(17)35)24-11-8-19(15-40-24)27(34)23(33)16-41-26-13-10-20(29(36)31(26)38)18-7-12-25(39-4-2)22(32)14-18/h6-7,9-10,12-14,19,23-24,27H,3-5,8,11,15-16H2,1-2H3. The zero-order chi connectivity index (χ0) is 29.7. The highest BCUT2D eigenvalue weighted by Gasteiger charge is 2.36. The Bertz CT molecular complexity index is 1340. The molecular weight excluding hydrogens is 553 g/mol. The van der Waals surface area contributed by atoms with E-state index in [1.165, 1.54) is 24.3 Å². The number of aryl methyl sites for hydroxylation is 1. The van der Waals surface area contributed by atoms with E-state index < -0.39 is 65.8 Å². The summed E-state index contributed by atoms with van der Waals surface area (Å²) >= 11 is 0. The minimum Gasteiger partial charge on any atom is -0.491 e. The Labute approximate surface area is 234 Å². The number of alkyl halides is 2. The van der Waals surface area contributed by atoms with Crippen molar-refractivity contribution in [3.8, 4) is 22.6 Å². The van der Waals surface area contributed by atoms with Gasteiger partial charge in [0.05, 0.1) is 19.3 Å². The van der Waals surface area contributed by atoms with Crippen LogP contribution in [0.4, 0.5) is 30.7 Å². The van der Waals surface area contributed by atoms with Gasteiger partial charge in [0.15, 0.2) is 40.9 Å². The van der Waals surface area contributed by atoms with Crippen LogP contribution < -0.4 is 9.47 Å². The molecule has 1 aliphatic rings. The Morgan fingerprint density at radius 3 is 2.24 bits per heavy atom. The van der Waals surface area contributed by atoms with Crippen molar-refractivity contribution in [2.75, 3.05) is 19.8 Å². The normalized spacial score (nSPS) is 18.7. The summed E-state index contributed by atoms with van der Waals surface area (Å²) in [5.74, 6) is -7.00. The zero-order valence-electron chi connectivity index (χ0n) is 22.7. The van der Waals surface area contributed by atoms with Crippen molar-refractivity contribution < 1.29 is 44.9 Å². The minimum absolute atomic E-state index is 0.0327. The number of ether oxygens (including phenoxy) is 3. The summed E-state index contributed by atoms with van der Waals surface area (Å²) in [5.41, 5.74) is 0.103. The van der Waals surface area contributed by atoms with Gasteiger partial charge < -0.3 is 14.2 Å². The maximum Gasteiger partial charge on any atom is 0.201 e. The van der Waals surface area contributed by atoms with Gasteiger partial charge in [-0.15, -0.1) is 0 Å². The topological polar surface area (TPSA) is 27.7 Å². The van der Waals surface area contributed by atoms with Crippen LogP contribution >= 0.6 is 0 Å². The van der Waals surface area contributed by atoms with Gasteiger partial charge in [0.2, 0.25) is 5.82 Å². The van der Waals surface area contributed by atoms with Gasteiger partial charge in [0.1, 0.15) is 12.8 Å².